The summed E-state index contributed by atoms with van der Waals surface area (Å²) < 4.78 is 10.1. The molecule has 0 aromatic rings. The summed E-state index contributed by atoms with van der Waals surface area (Å²) in [5.41, 5.74) is 0. The van der Waals surface area contributed by atoms with E-state index in [0.717, 1.165) is 19.6 Å². The maximum absolute atomic E-state index is 9.67. The Labute approximate surface area is 86.8 Å². The van der Waals surface area contributed by atoms with E-state index in [1.807, 2.05) is 0 Å². The lowest BCUT2D eigenvalue weighted by atomic mass is 10.2. The van der Waals surface area contributed by atoms with Crippen molar-refractivity contribution in [3.63, 3.8) is 0 Å². The molecule has 4 nitrogen and oxygen atoms in total. The molecule has 2 atom stereocenters. The molecular weight excluding hydrogens is 182 g/mol. The van der Waals surface area contributed by atoms with E-state index in [9.17, 15) is 5.11 Å². The van der Waals surface area contributed by atoms with E-state index in [4.69, 9.17) is 9.47 Å². The lowest BCUT2D eigenvalue weighted by Gasteiger charge is -2.27. The predicted molar refractivity (Wildman–Crippen MR) is 56.5 cm³/mol. The molecule has 1 N–H and O–H groups in total. The fourth-order valence-corrected chi connectivity index (χ4v) is 1.37. The van der Waals surface area contributed by atoms with Gasteiger partial charge in [0.1, 0.15) is 6.10 Å². The van der Waals surface area contributed by atoms with E-state index >= 15 is 0 Å². The highest BCUT2D eigenvalue weighted by Crippen LogP contribution is 2.02. The zero-order valence-electron chi connectivity index (χ0n) is 9.69. The molecule has 0 aromatic carbocycles. The molecule has 14 heavy (non-hydrogen) atoms. The maximum Gasteiger partial charge on any atom is 0.105 e. The van der Waals surface area contributed by atoms with Gasteiger partial charge in [-0.25, -0.2) is 0 Å². The van der Waals surface area contributed by atoms with Crippen molar-refractivity contribution in [1.29, 1.82) is 0 Å². The van der Waals surface area contributed by atoms with E-state index in [2.05, 4.69) is 18.7 Å². The Bertz CT molecular complexity index is 129. The Morgan fingerprint density at radius 1 is 1.21 bits per heavy atom. The Morgan fingerprint density at radius 2 is 1.79 bits per heavy atom. The van der Waals surface area contributed by atoms with E-state index in [1.165, 1.54) is 0 Å². The number of hydrogen-bond acceptors (Lipinski definition) is 4. The van der Waals surface area contributed by atoms with Gasteiger partial charge in [0.15, 0.2) is 0 Å². The summed E-state index contributed by atoms with van der Waals surface area (Å²) in [6, 6.07) is 0. The molecule has 0 aliphatic carbocycles. The average Bonchev–Trinajstić information content (AvgIpc) is 2.20. The third-order valence-corrected chi connectivity index (χ3v) is 2.40. The van der Waals surface area contributed by atoms with Gasteiger partial charge in [-0.2, -0.15) is 0 Å². The van der Waals surface area contributed by atoms with Crippen molar-refractivity contribution in [3.05, 3.63) is 0 Å². The fraction of sp³-hybridized carbons (Fsp3) is 1.00. The number of rotatable bonds is 8. The van der Waals surface area contributed by atoms with Crippen LogP contribution in [0.15, 0.2) is 0 Å². The second-order valence-corrected chi connectivity index (χ2v) is 3.28. The quantitative estimate of drug-likeness (QED) is 0.621. The SMILES string of the molecule is CCN(CC)C[C@@H](OC)[C@H](O)COC. The highest BCUT2D eigenvalue weighted by atomic mass is 16.5. The van der Waals surface area contributed by atoms with Gasteiger partial charge < -0.3 is 19.5 Å². The van der Waals surface area contributed by atoms with Crippen LogP contribution in [-0.2, 0) is 9.47 Å². The summed E-state index contributed by atoms with van der Waals surface area (Å²) >= 11 is 0. The van der Waals surface area contributed by atoms with Crippen molar-refractivity contribution in [2.75, 3.05) is 40.5 Å². The van der Waals surface area contributed by atoms with E-state index in [-0.39, 0.29) is 6.10 Å². The first-order valence-electron chi connectivity index (χ1n) is 5.11. The Morgan fingerprint density at radius 3 is 2.14 bits per heavy atom. The molecule has 86 valence electrons. The van der Waals surface area contributed by atoms with Gasteiger partial charge in [0, 0.05) is 20.8 Å². The Balaban J connectivity index is 3.98. The van der Waals surface area contributed by atoms with Crippen molar-refractivity contribution in [2.24, 2.45) is 0 Å². The summed E-state index contributed by atoms with van der Waals surface area (Å²) in [5, 5.41) is 9.67. The molecule has 0 spiro atoms. The van der Waals surface area contributed by atoms with Crippen molar-refractivity contribution in [1.82, 2.24) is 4.90 Å². The molecule has 0 radical (unpaired) electrons. The average molecular weight is 205 g/mol. The zero-order valence-corrected chi connectivity index (χ0v) is 9.69. The van der Waals surface area contributed by atoms with E-state index in [1.54, 1.807) is 14.2 Å². The lowest BCUT2D eigenvalue weighted by Crippen LogP contribution is -2.42. The maximum atomic E-state index is 9.67. The molecule has 0 heterocycles. The number of nitrogens with zero attached hydrogens (tertiary/aromatic N) is 1. The van der Waals surface area contributed by atoms with Crippen molar-refractivity contribution in [2.45, 2.75) is 26.1 Å². The van der Waals surface area contributed by atoms with Crippen molar-refractivity contribution >= 4 is 0 Å². The third-order valence-electron chi connectivity index (χ3n) is 2.40. The second kappa shape index (κ2) is 8.17. The first-order chi connectivity index (χ1) is 6.69. The van der Waals surface area contributed by atoms with Crippen LogP contribution in [0.2, 0.25) is 0 Å². The molecule has 0 bridgehead atoms. The number of likely N-dealkylation sites (N-methyl/N-ethyl adjacent to an activating group) is 1. The minimum Gasteiger partial charge on any atom is -0.388 e. The van der Waals surface area contributed by atoms with Crippen LogP contribution >= 0.6 is 0 Å². The van der Waals surface area contributed by atoms with Crippen LogP contribution in [0, 0.1) is 0 Å². The van der Waals surface area contributed by atoms with E-state index < -0.39 is 6.10 Å². The predicted octanol–water partition coefficient (Wildman–Crippen LogP) is 0.350. The largest absolute Gasteiger partial charge is 0.388 e. The van der Waals surface area contributed by atoms with Gasteiger partial charge >= 0.3 is 0 Å². The molecule has 0 saturated heterocycles. The van der Waals surface area contributed by atoms with E-state index in [0.29, 0.717) is 6.61 Å². The lowest BCUT2D eigenvalue weighted by molar-refractivity contribution is -0.0583. The van der Waals surface area contributed by atoms with Gasteiger partial charge in [0.05, 0.1) is 12.7 Å². The smallest absolute Gasteiger partial charge is 0.105 e. The molecule has 0 aromatic heterocycles. The van der Waals surface area contributed by atoms with Crippen molar-refractivity contribution in [3.8, 4) is 0 Å². The molecule has 0 aliphatic heterocycles. The first kappa shape index (κ1) is 13.8. The van der Waals surface area contributed by atoms with Crippen LogP contribution in [0.5, 0.6) is 0 Å². The van der Waals surface area contributed by atoms with Gasteiger partial charge in [-0.3, -0.25) is 0 Å². The monoisotopic (exact) mass is 205 g/mol. The molecular formula is C10H23NO3. The van der Waals surface area contributed by atoms with Gasteiger partial charge in [-0.05, 0) is 13.1 Å². The van der Waals surface area contributed by atoms with Gasteiger partial charge in [-0.15, -0.1) is 0 Å². The van der Waals surface area contributed by atoms with Crippen LogP contribution in [0.25, 0.3) is 0 Å². The van der Waals surface area contributed by atoms with Crippen LogP contribution in [0.3, 0.4) is 0 Å². The Hall–Kier alpha value is -0.160. The van der Waals surface area contributed by atoms with Crippen LogP contribution < -0.4 is 0 Å². The number of aliphatic hydroxyl groups is 1. The van der Waals surface area contributed by atoms with Gasteiger partial charge in [0.25, 0.3) is 0 Å². The third kappa shape index (κ3) is 4.91. The fourth-order valence-electron chi connectivity index (χ4n) is 1.37. The molecule has 0 rings (SSSR count). The summed E-state index contributed by atoms with van der Waals surface area (Å²) in [6.45, 7) is 7.19. The van der Waals surface area contributed by atoms with Crippen LogP contribution in [0.4, 0.5) is 0 Å². The zero-order chi connectivity index (χ0) is 11.0. The molecule has 0 amide bonds. The van der Waals surface area contributed by atoms with Gasteiger partial charge in [-0.1, -0.05) is 13.8 Å². The van der Waals surface area contributed by atoms with Crippen LogP contribution in [0.1, 0.15) is 13.8 Å². The second-order valence-electron chi connectivity index (χ2n) is 3.28. The topological polar surface area (TPSA) is 41.9 Å². The molecule has 0 unspecified atom stereocenters. The molecule has 0 fully saturated rings. The number of methoxy groups -OCH3 is 2. The molecule has 0 aliphatic rings. The highest BCUT2D eigenvalue weighted by Gasteiger charge is 2.20. The van der Waals surface area contributed by atoms with Gasteiger partial charge in [0.2, 0.25) is 0 Å². The van der Waals surface area contributed by atoms with Crippen molar-refractivity contribution < 1.29 is 14.6 Å². The number of hydrogen-bond donors (Lipinski definition) is 1. The first-order valence-corrected chi connectivity index (χ1v) is 5.11. The summed E-state index contributed by atoms with van der Waals surface area (Å²) in [7, 11) is 3.19. The van der Waals surface area contributed by atoms with Crippen LogP contribution in [-0.4, -0.2) is 62.7 Å². The highest BCUT2D eigenvalue weighted by molar-refractivity contribution is 4.72. The Kier molecular flexibility index (Phi) is 8.08. The summed E-state index contributed by atoms with van der Waals surface area (Å²) in [4.78, 5) is 2.22. The minimum absolute atomic E-state index is 0.171. The number of aliphatic hydroxyl groups excluding tert-OH is 1. The summed E-state index contributed by atoms with van der Waals surface area (Å²) in [5.74, 6) is 0. The summed E-state index contributed by atoms with van der Waals surface area (Å²) in [6.07, 6.45) is -0.722. The molecule has 4 heteroatoms. The number of ether oxygens (including phenoxy) is 2. The normalized spacial score (nSPS) is 15.9. The standard InChI is InChI=1S/C10H23NO3/c1-5-11(6-2)7-10(14-4)9(12)8-13-3/h9-10,12H,5-8H2,1-4H3/t9-,10-/m1/s1. The minimum atomic E-state index is -0.550. The molecule has 0 saturated carbocycles.